The van der Waals surface area contributed by atoms with Gasteiger partial charge in [-0.3, -0.25) is 0 Å². The van der Waals surface area contributed by atoms with Crippen LogP contribution in [0.4, 0.5) is 23.8 Å². The van der Waals surface area contributed by atoms with E-state index in [1.807, 2.05) is 0 Å². The molecule has 7 heteroatoms. The fourth-order valence-electron chi connectivity index (χ4n) is 1.37. The van der Waals surface area contributed by atoms with Gasteiger partial charge in [0, 0.05) is 0 Å². The summed E-state index contributed by atoms with van der Waals surface area (Å²) in [5.74, 6) is -1.22. The summed E-state index contributed by atoms with van der Waals surface area (Å²) in [6.07, 6.45) is 0.201. The summed E-state index contributed by atoms with van der Waals surface area (Å²) in [5, 5.41) is 0. The van der Waals surface area contributed by atoms with Crippen LogP contribution in [0.15, 0.2) is 23.1 Å². The smallest absolute Gasteiger partial charge is 0.207 e. The van der Waals surface area contributed by atoms with Gasteiger partial charge in [0.05, 0.1) is 0 Å². The van der Waals surface area contributed by atoms with Crippen LogP contribution in [0.5, 0.6) is 0 Å². The molecular weight excluding hydrogens is 266 g/mol. The van der Waals surface area contributed by atoms with E-state index >= 15 is 0 Å². The van der Waals surface area contributed by atoms with Gasteiger partial charge in [0.15, 0.2) is 0 Å². The lowest BCUT2D eigenvalue weighted by molar-refractivity contribution is 0.362. The van der Waals surface area contributed by atoms with Gasteiger partial charge in [-0.05, 0) is 30.0 Å². The average molecular weight is 278 g/mol. The Balaban J connectivity index is 3.24. The van der Waals surface area contributed by atoms with E-state index in [9.17, 15) is 23.8 Å². The van der Waals surface area contributed by atoms with Crippen LogP contribution < -0.4 is 0 Å². The first-order valence-electron chi connectivity index (χ1n) is 4.82. The predicted molar refractivity (Wildman–Crippen MR) is 56.3 cm³/mol. The van der Waals surface area contributed by atoms with Crippen molar-refractivity contribution in [2.24, 2.45) is 5.92 Å². The summed E-state index contributed by atoms with van der Waals surface area (Å²) in [7, 11) is -9.77. The van der Waals surface area contributed by atoms with E-state index in [-0.39, 0.29) is 30.0 Å². The zero-order valence-electron chi connectivity index (χ0n) is 9.19. The largest absolute Gasteiger partial charge is 0.310 e. The second kappa shape index (κ2) is 3.34. The Labute approximate surface area is 95.4 Å². The second-order valence-corrected chi connectivity index (χ2v) is 6.73. The maximum absolute atomic E-state index is 13.3. The number of halogens is 6. The molecule has 1 aromatic carbocycles. The van der Waals surface area contributed by atoms with E-state index in [0.29, 0.717) is 0 Å². The van der Waals surface area contributed by atoms with Gasteiger partial charge in [0.25, 0.3) is 0 Å². The molecule has 0 aliphatic carbocycles. The third-order valence-electron chi connectivity index (χ3n) is 2.10. The fraction of sp³-hybridized carbons (Fsp3) is 0.400. The molecule has 17 heavy (non-hydrogen) atoms. The van der Waals surface area contributed by atoms with E-state index in [1.165, 1.54) is 0 Å². The Bertz CT molecular complexity index is 433. The molecule has 0 bridgehead atoms. The lowest BCUT2D eigenvalue weighted by Crippen LogP contribution is -2.07. The third-order valence-corrected chi connectivity index (χ3v) is 3.24. The number of hydrogen-bond acceptors (Lipinski definition) is 0. The highest BCUT2D eigenvalue weighted by molar-refractivity contribution is 8.45. The highest BCUT2D eigenvalue weighted by Gasteiger charge is 2.65. The average Bonchev–Trinajstić information content (AvgIpc) is 2.03. The molecule has 100 valence electrons. The molecule has 0 amide bonds. The van der Waals surface area contributed by atoms with Gasteiger partial charge in [0.2, 0.25) is 0 Å². The van der Waals surface area contributed by atoms with Crippen LogP contribution in [0.25, 0.3) is 0 Å². The van der Waals surface area contributed by atoms with Gasteiger partial charge in [-0.25, -0.2) is 4.39 Å². The summed E-state index contributed by atoms with van der Waals surface area (Å²) in [6, 6.07) is 0.879. The van der Waals surface area contributed by atoms with Crippen LogP contribution in [0.1, 0.15) is 19.4 Å². The van der Waals surface area contributed by atoms with Crippen molar-refractivity contribution < 1.29 is 23.8 Å². The molecule has 0 radical (unpaired) electrons. The van der Waals surface area contributed by atoms with Crippen LogP contribution in [-0.2, 0) is 6.42 Å². The summed E-state index contributed by atoms with van der Waals surface area (Å²) >= 11 is 0. The molecule has 0 saturated carbocycles. The minimum absolute atomic E-state index is 0.00519. The van der Waals surface area contributed by atoms with Crippen LogP contribution in [0.2, 0.25) is 0 Å². The second-order valence-electron chi connectivity index (χ2n) is 4.32. The van der Waals surface area contributed by atoms with Crippen molar-refractivity contribution in [2.45, 2.75) is 25.2 Å². The minimum Gasteiger partial charge on any atom is -0.207 e. The first-order valence-corrected chi connectivity index (χ1v) is 6.77. The van der Waals surface area contributed by atoms with Gasteiger partial charge in [-0.1, -0.05) is 39.3 Å². The van der Waals surface area contributed by atoms with Gasteiger partial charge < -0.3 is 0 Å². The van der Waals surface area contributed by atoms with E-state index in [4.69, 9.17) is 0 Å². The zero-order valence-corrected chi connectivity index (χ0v) is 10.0. The molecule has 1 rings (SSSR count). The molecule has 0 N–H and O–H groups in total. The third kappa shape index (κ3) is 3.83. The molecule has 0 atom stereocenters. The standard InChI is InChI=1S/C10H12F6S/c1-7(2)5-8-3-4-9(6-10(8)11)17(12,13,14,15)16/h3-4,6-7H,5H2,1-2H3. The first-order chi connectivity index (χ1) is 7.29. The van der Waals surface area contributed by atoms with Crippen molar-refractivity contribution >= 4 is 10.2 Å². The Morgan fingerprint density at radius 3 is 1.94 bits per heavy atom. The normalized spacial score (nSPS) is 16.8. The molecule has 0 aliphatic heterocycles. The zero-order chi connectivity index (χ0) is 13.5. The molecule has 0 spiro atoms. The topological polar surface area (TPSA) is 0 Å². The molecule has 0 unspecified atom stereocenters. The summed E-state index contributed by atoms with van der Waals surface area (Å²) in [4.78, 5) is -2.19. The monoisotopic (exact) mass is 278 g/mol. The molecule has 1 aromatic rings. The molecule has 0 fully saturated rings. The number of hydrogen-bond donors (Lipinski definition) is 0. The van der Waals surface area contributed by atoms with Crippen LogP contribution in [0, 0.1) is 11.7 Å². The van der Waals surface area contributed by atoms with Gasteiger partial charge in [-0.2, -0.15) is 0 Å². The van der Waals surface area contributed by atoms with Crippen LogP contribution in [-0.4, -0.2) is 0 Å². The molecule has 0 aliphatic rings. The quantitative estimate of drug-likeness (QED) is 0.624. The summed E-state index contributed by atoms with van der Waals surface area (Å²) in [5.41, 5.74) is 0.00519. The SMILES string of the molecule is CC(C)Cc1ccc(S(F)(F)(F)(F)F)cc1F. The molecule has 0 nitrogen and oxygen atoms in total. The van der Waals surface area contributed by atoms with Gasteiger partial charge in [0.1, 0.15) is 10.7 Å². The minimum atomic E-state index is -9.77. The van der Waals surface area contributed by atoms with Crippen molar-refractivity contribution in [2.75, 3.05) is 0 Å². The van der Waals surface area contributed by atoms with Crippen LogP contribution >= 0.6 is 10.2 Å². The van der Waals surface area contributed by atoms with Crippen molar-refractivity contribution in [1.29, 1.82) is 0 Å². The van der Waals surface area contributed by atoms with E-state index in [1.54, 1.807) is 13.8 Å². The Kier molecular flexibility index (Phi) is 2.79. The van der Waals surface area contributed by atoms with E-state index in [2.05, 4.69) is 0 Å². The Morgan fingerprint density at radius 2 is 1.59 bits per heavy atom. The first kappa shape index (κ1) is 14.2. The highest BCUT2D eigenvalue weighted by Crippen LogP contribution is 3.02. The Hall–Kier alpha value is -0.850. The van der Waals surface area contributed by atoms with Gasteiger partial charge in [-0.15, -0.1) is 0 Å². The maximum atomic E-state index is 13.3. The van der Waals surface area contributed by atoms with Crippen molar-refractivity contribution in [3.63, 3.8) is 0 Å². The number of benzene rings is 1. The van der Waals surface area contributed by atoms with Crippen molar-refractivity contribution in [3.8, 4) is 0 Å². The molecule has 0 saturated heterocycles. The van der Waals surface area contributed by atoms with E-state index < -0.39 is 20.9 Å². The molecular formula is C10H12F6S. The van der Waals surface area contributed by atoms with Crippen LogP contribution in [0.3, 0.4) is 0 Å². The lowest BCUT2D eigenvalue weighted by Gasteiger charge is -2.40. The van der Waals surface area contributed by atoms with Crippen molar-refractivity contribution in [3.05, 3.63) is 29.6 Å². The summed E-state index contributed by atoms with van der Waals surface area (Å²) < 4.78 is 75.0. The maximum Gasteiger partial charge on any atom is 0.310 e. The summed E-state index contributed by atoms with van der Waals surface area (Å²) in [6.45, 7) is 3.50. The lowest BCUT2D eigenvalue weighted by atomic mass is 10.0. The van der Waals surface area contributed by atoms with Gasteiger partial charge >= 0.3 is 10.2 Å². The predicted octanol–water partition coefficient (Wildman–Crippen LogP) is 5.68. The fourth-order valence-corrected chi connectivity index (χ4v) is 2.02. The highest BCUT2D eigenvalue weighted by atomic mass is 32.5. The van der Waals surface area contributed by atoms with E-state index in [0.717, 1.165) is 6.07 Å². The molecule has 0 aromatic heterocycles. The Morgan fingerprint density at radius 1 is 1.06 bits per heavy atom. The van der Waals surface area contributed by atoms with Crippen molar-refractivity contribution in [1.82, 2.24) is 0 Å². The number of rotatable bonds is 3. The molecule has 0 heterocycles.